The van der Waals surface area contributed by atoms with E-state index < -0.39 is 0 Å². The monoisotopic (exact) mass is 168 g/mol. The van der Waals surface area contributed by atoms with Gasteiger partial charge in [-0.05, 0) is 18.6 Å². The molecule has 0 fully saturated rings. The molecule has 0 N–H and O–H groups in total. The first-order chi connectivity index (χ1) is 5.33. The molecule has 1 aromatic rings. The van der Waals surface area contributed by atoms with Crippen molar-refractivity contribution in [1.29, 1.82) is 5.26 Å². The van der Waals surface area contributed by atoms with Gasteiger partial charge in [-0.1, -0.05) is 4.49 Å². The third-order valence-corrected chi connectivity index (χ3v) is 1.82. The Balaban J connectivity index is 2.38. The Bertz CT molecular complexity index is 238. The summed E-state index contributed by atoms with van der Waals surface area (Å²) >= 11 is 1.36. The molecule has 0 radical (unpaired) electrons. The zero-order chi connectivity index (χ0) is 8.10. The number of rotatable bonds is 3. The second-order valence-electron chi connectivity index (χ2n) is 2.21. The molecular formula is C6H8N4S. The molecule has 0 aromatic carbocycles. The fourth-order valence-electron chi connectivity index (χ4n) is 0.700. The predicted octanol–water partition coefficient (Wildman–Crippen LogP) is 0.493. The molecule has 0 atom stereocenters. The van der Waals surface area contributed by atoms with Crippen molar-refractivity contribution in [2.45, 2.75) is 6.54 Å². The molecule has 0 aliphatic rings. The normalized spacial score (nSPS) is 9.91. The van der Waals surface area contributed by atoms with Gasteiger partial charge in [0, 0.05) is 6.54 Å². The largest absolute Gasteiger partial charge is 0.288 e. The van der Waals surface area contributed by atoms with Crippen LogP contribution < -0.4 is 0 Å². The first kappa shape index (κ1) is 8.11. The van der Waals surface area contributed by atoms with Crippen LogP contribution in [0.15, 0.2) is 6.20 Å². The van der Waals surface area contributed by atoms with Gasteiger partial charge in [0.25, 0.3) is 0 Å². The van der Waals surface area contributed by atoms with E-state index in [9.17, 15) is 0 Å². The summed E-state index contributed by atoms with van der Waals surface area (Å²) in [6.07, 6.45) is 1.72. The van der Waals surface area contributed by atoms with Crippen molar-refractivity contribution in [3.8, 4) is 6.07 Å². The van der Waals surface area contributed by atoms with Gasteiger partial charge in [-0.3, -0.25) is 4.90 Å². The highest BCUT2D eigenvalue weighted by atomic mass is 32.1. The van der Waals surface area contributed by atoms with Crippen LogP contribution in [-0.4, -0.2) is 28.1 Å². The minimum Gasteiger partial charge on any atom is -0.288 e. The molecule has 58 valence electrons. The minimum atomic E-state index is 0.442. The maximum Gasteiger partial charge on any atom is 0.0866 e. The summed E-state index contributed by atoms with van der Waals surface area (Å²) in [6, 6.07) is 2.07. The summed E-state index contributed by atoms with van der Waals surface area (Å²) in [6.45, 7) is 1.20. The van der Waals surface area contributed by atoms with E-state index in [1.54, 1.807) is 6.20 Å². The molecule has 5 heteroatoms. The van der Waals surface area contributed by atoms with E-state index in [2.05, 4.69) is 15.7 Å². The molecule has 4 nitrogen and oxygen atoms in total. The van der Waals surface area contributed by atoms with Gasteiger partial charge in [0.15, 0.2) is 0 Å². The fourth-order valence-corrected chi connectivity index (χ4v) is 1.27. The summed E-state index contributed by atoms with van der Waals surface area (Å²) in [7, 11) is 1.89. The van der Waals surface area contributed by atoms with Crippen LogP contribution in [0.1, 0.15) is 4.88 Å². The van der Waals surface area contributed by atoms with E-state index in [1.807, 2.05) is 11.9 Å². The second-order valence-corrected chi connectivity index (χ2v) is 3.08. The highest BCUT2D eigenvalue weighted by Gasteiger charge is 2.00. The maximum atomic E-state index is 8.35. The number of aromatic nitrogens is 2. The number of hydrogen-bond acceptors (Lipinski definition) is 5. The van der Waals surface area contributed by atoms with E-state index in [4.69, 9.17) is 5.26 Å². The Morgan fingerprint density at radius 1 is 1.82 bits per heavy atom. The first-order valence-electron chi connectivity index (χ1n) is 3.14. The van der Waals surface area contributed by atoms with Gasteiger partial charge in [0.1, 0.15) is 0 Å². The van der Waals surface area contributed by atoms with Crippen molar-refractivity contribution in [2.24, 2.45) is 0 Å². The number of hydrogen-bond donors (Lipinski definition) is 0. The maximum absolute atomic E-state index is 8.35. The SMILES string of the molecule is CN(CC#N)Cc1cnns1. The fraction of sp³-hybridized carbons (Fsp3) is 0.500. The highest BCUT2D eigenvalue weighted by Crippen LogP contribution is 2.04. The zero-order valence-electron chi connectivity index (χ0n) is 6.19. The van der Waals surface area contributed by atoms with Gasteiger partial charge in [0.05, 0.1) is 23.7 Å². The Hall–Kier alpha value is -0.990. The van der Waals surface area contributed by atoms with Crippen molar-refractivity contribution < 1.29 is 0 Å². The van der Waals surface area contributed by atoms with Crippen LogP contribution in [0, 0.1) is 11.3 Å². The summed E-state index contributed by atoms with van der Waals surface area (Å²) in [5.41, 5.74) is 0. The van der Waals surface area contributed by atoms with Crippen molar-refractivity contribution in [3.63, 3.8) is 0 Å². The van der Waals surface area contributed by atoms with Crippen LogP contribution in [0.4, 0.5) is 0 Å². The van der Waals surface area contributed by atoms with E-state index >= 15 is 0 Å². The lowest BCUT2D eigenvalue weighted by Gasteiger charge is -2.08. The molecule has 0 aliphatic carbocycles. The van der Waals surface area contributed by atoms with Gasteiger partial charge < -0.3 is 0 Å². The molecule has 0 bridgehead atoms. The van der Waals surface area contributed by atoms with Gasteiger partial charge >= 0.3 is 0 Å². The average molecular weight is 168 g/mol. The van der Waals surface area contributed by atoms with Crippen molar-refractivity contribution in [3.05, 3.63) is 11.1 Å². The third-order valence-electron chi connectivity index (χ3n) is 1.17. The van der Waals surface area contributed by atoms with Crippen LogP contribution in [0.25, 0.3) is 0 Å². The van der Waals surface area contributed by atoms with Crippen molar-refractivity contribution in [2.75, 3.05) is 13.6 Å². The molecule has 0 saturated heterocycles. The van der Waals surface area contributed by atoms with Crippen LogP contribution in [0.5, 0.6) is 0 Å². The first-order valence-corrected chi connectivity index (χ1v) is 3.92. The molecule has 0 aliphatic heterocycles. The summed E-state index contributed by atoms with van der Waals surface area (Å²) in [4.78, 5) is 3.00. The van der Waals surface area contributed by atoms with E-state index in [0.29, 0.717) is 6.54 Å². The smallest absolute Gasteiger partial charge is 0.0866 e. The molecular weight excluding hydrogens is 160 g/mol. The van der Waals surface area contributed by atoms with Crippen LogP contribution in [0.2, 0.25) is 0 Å². The van der Waals surface area contributed by atoms with E-state index in [0.717, 1.165) is 11.4 Å². The third kappa shape index (κ3) is 2.62. The Morgan fingerprint density at radius 3 is 3.18 bits per heavy atom. The standard InChI is InChI=1S/C6H8N4S/c1-10(3-2-7)5-6-4-8-9-11-6/h4H,3,5H2,1H3. The molecule has 1 heterocycles. The van der Waals surface area contributed by atoms with E-state index in [1.165, 1.54) is 11.5 Å². The van der Waals surface area contributed by atoms with Crippen LogP contribution >= 0.6 is 11.5 Å². The Morgan fingerprint density at radius 2 is 2.64 bits per heavy atom. The summed E-state index contributed by atoms with van der Waals surface area (Å²) < 4.78 is 3.72. The van der Waals surface area contributed by atoms with Gasteiger partial charge in [0.2, 0.25) is 0 Å². The molecule has 1 aromatic heterocycles. The van der Waals surface area contributed by atoms with E-state index in [-0.39, 0.29) is 0 Å². The Labute approximate surface area is 69.2 Å². The minimum absolute atomic E-state index is 0.442. The molecule has 0 spiro atoms. The zero-order valence-corrected chi connectivity index (χ0v) is 7.01. The molecule has 0 amide bonds. The summed E-state index contributed by atoms with van der Waals surface area (Å²) in [5, 5.41) is 12.0. The quantitative estimate of drug-likeness (QED) is 0.616. The summed E-state index contributed by atoms with van der Waals surface area (Å²) in [5.74, 6) is 0. The lowest BCUT2D eigenvalue weighted by molar-refractivity contribution is 0.370. The lowest BCUT2D eigenvalue weighted by atomic mass is 10.5. The molecule has 0 saturated carbocycles. The van der Waals surface area contributed by atoms with Gasteiger partial charge in [-0.15, -0.1) is 5.10 Å². The molecule has 1 rings (SSSR count). The van der Waals surface area contributed by atoms with Gasteiger partial charge in [-0.25, -0.2) is 0 Å². The number of nitriles is 1. The van der Waals surface area contributed by atoms with Crippen LogP contribution in [-0.2, 0) is 6.54 Å². The highest BCUT2D eigenvalue weighted by molar-refractivity contribution is 7.05. The second kappa shape index (κ2) is 4.01. The van der Waals surface area contributed by atoms with Crippen LogP contribution in [0.3, 0.4) is 0 Å². The number of nitrogens with zero attached hydrogens (tertiary/aromatic N) is 4. The average Bonchev–Trinajstić information content (AvgIpc) is 2.40. The molecule has 0 unspecified atom stereocenters. The Kier molecular flexibility index (Phi) is 2.95. The van der Waals surface area contributed by atoms with Crippen molar-refractivity contribution >= 4 is 11.5 Å². The topological polar surface area (TPSA) is 52.8 Å². The molecule has 11 heavy (non-hydrogen) atoms. The predicted molar refractivity (Wildman–Crippen MR) is 41.9 cm³/mol. The van der Waals surface area contributed by atoms with Crippen molar-refractivity contribution in [1.82, 2.24) is 14.5 Å². The van der Waals surface area contributed by atoms with Gasteiger partial charge in [-0.2, -0.15) is 5.26 Å². The lowest BCUT2D eigenvalue weighted by Crippen LogP contribution is -2.16.